The van der Waals surface area contributed by atoms with Crippen LogP contribution in [-0.2, 0) is 16.1 Å². The summed E-state index contributed by atoms with van der Waals surface area (Å²) in [5, 5.41) is 2.90. The van der Waals surface area contributed by atoms with Crippen LogP contribution in [0.4, 0.5) is 11.4 Å². The van der Waals surface area contributed by atoms with E-state index in [9.17, 15) is 9.59 Å². The maximum absolute atomic E-state index is 13.6. The molecule has 7 heteroatoms. The molecule has 3 rings (SSSR count). The summed E-state index contributed by atoms with van der Waals surface area (Å²) in [7, 11) is 5.12. The topological polar surface area (TPSA) is 71.1 Å². The molecule has 0 saturated carbocycles. The van der Waals surface area contributed by atoms with E-state index in [0.29, 0.717) is 29.4 Å². The first kappa shape index (κ1) is 22.6. The van der Waals surface area contributed by atoms with Crippen molar-refractivity contribution < 1.29 is 19.1 Å². The van der Waals surface area contributed by atoms with E-state index < -0.39 is 11.6 Å². The molecule has 1 heterocycles. The summed E-state index contributed by atoms with van der Waals surface area (Å²) in [5.74, 6) is 0.990. The van der Waals surface area contributed by atoms with Gasteiger partial charge in [0.25, 0.3) is 0 Å². The van der Waals surface area contributed by atoms with Gasteiger partial charge in [-0.1, -0.05) is 12.1 Å². The van der Waals surface area contributed by atoms with E-state index in [2.05, 4.69) is 5.32 Å². The number of hydrogen-bond acceptors (Lipinski definition) is 5. The van der Waals surface area contributed by atoms with Crippen molar-refractivity contribution in [2.75, 3.05) is 31.5 Å². The van der Waals surface area contributed by atoms with Gasteiger partial charge in [0.05, 0.1) is 31.6 Å². The summed E-state index contributed by atoms with van der Waals surface area (Å²) in [6.45, 7) is 7.94. The second-order valence-electron chi connectivity index (χ2n) is 8.43. The van der Waals surface area contributed by atoms with Crippen LogP contribution in [0.15, 0.2) is 36.4 Å². The molecule has 0 aliphatic carbocycles. The molecule has 1 atom stereocenters. The van der Waals surface area contributed by atoms with Gasteiger partial charge in [0.1, 0.15) is 5.54 Å². The van der Waals surface area contributed by atoms with Crippen molar-refractivity contribution in [2.24, 2.45) is 0 Å². The highest BCUT2D eigenvalue weighted by Gasteiger charge is 2.45. The van der Waals surface area contributed by atoms with Gasteiger partial charge in [0, 0.05) is 6.54 Å². The van der Waals surface area contributed by atoms with E-state index in [1.807, 2.05) is 62.2 Å². The number of methoxy groups -OCH3 is 2. The second kappa shape index (κ2) is 8.59. The van der Waals surface area contributed by atoms with Crippen molar-refractivity contribution in [2.45, 2.75) is 45.8 Å². The Hall–Kier alpha value is -3.06. The predicted molar refractivity (Wildman–Crippen MR) is 122 cm³/mol. The molecule has 0 spiro atoms. The van der Waals surface area contributed by atoms with Gasteiger partial charge in [0.15, 0.2) is 11.5 Å². The second-order valence-corrected chi connectivity index (χ2v) is 8.43. The van der Waals surface area contributed by atoms with Crippen molar-refractivity contribution in [3.8, 4) is 11.5 Å². The number of ether oxygens (including phenoxy) is 2. The highest BCUT2D eigenvalue weighted by Crippen LogP contribution is 2.37. The Kier molecular flexibility index (Phi) is 6.27. The number of anilines is 2. The van der Waals surface area contributed by atoms with Crippen LogP contribution in [0.25, 0.3) is 0 Å². The third kappa shape index (κ3) is 4.10. The Morgan fingerprint density at radius 2 is 1.77 bits per heavy atom. The average Bonchev–Trinajstić information content (AvgIpc) is 2.74. The molecule has 0 saturated heterocycles. The maximum Gasteiger partial charge on any atom is 0.250 e. The van der Waals surface area contributed by atoms with Crippen LogP contribution in [-0.4, -0.2) is 49.6 Å². The van der Waals surface area contributed by atoms with E-state index in [1.165, 1.54) is 0 Å². The lowest BCUT2D eigenvalue weighted by atomic mass is 9.95. The number of amides is 2. The zero-order valence-electron chi connectivity index (χ0n) is 19.3. The minimum Gasteiger partial charge on any atom is -0.493 e. The number of carbonyl (C=O) groups is 2. The standard InChI is InChI=1S/C24H31N3O4/c1-15-12-20(30-6)21(31-7)13-17(15)14-26(5)16(2)22(28)27-19-11-9-8-10-18(19)25-23(29)24(27,3)4/h8-13,16H,14H2,1-7H3,(H,25,29)/t16-/m0/s1. The van der Waals surface area contributed by atoms with Gasteiger partial charge < -0.3 is 14.8 Å². The lowest BCUT2D eigenvalue weighted by molar-refractivity contribution is -0.129. The lowest BCUT2D eigenvalue weighted by Gasteiger charge is -2.44. The van der Waals surface area contributed by atoms with Crippen LogP contribution >= 0.6 is 0 Å². The summed E-state index contributed by atoms with van der Waals surface area (Å²) >= 11 is 0. The average molecular weight is 426 g/mol. The van der Waals surface area contributed by atoms with Crippen LogP contribution in [0.1, 0.15) is 31.9 Å². The van der Waals surface area contributed by atoms with Crippen molar-refractivity contribution in [1.82, 2.24) is 4.90 Å². The molecule has 1 aliphatic heterocycles. The van der Waals surface area contributed by atoms with Gasteiger partial charge in [-0.3, -0.25) is 19.4 Å². The van der Waals surface area contributed by atoms with Crippen molar-refractivity contribution >= 4 is 23.2 Å². The van der Waals surface area contributed by atoms with Crippen molar-refractivity contribution in [3.05, 3.63) is 47.5 Å². The van der Waals surface area contributed by atoms with Crippen LogP contribution < -0.4 is 19.7 Å². The smallest absolute Gasteiger partial charge is 0.250 e. The molecule has 1 N–H and O–H groups in total. The van der Waals surface area contributed by atoms with Gasteiger partial charge in [0.2, 0.25) is 11.8 Å². The fourth-order valence-corrected chi connectivity index (χ4v) is 3.82. The summed E-state index contributed by atoms with van der Waals surface area (Å²) in [6, 6.07) is 10.8. The number of nitrogens with one attached hydrogen (secondary N) is 1. The molecule has 31 heavy (non-hydrogen) atoms. The fraction of sp³-hybridized carbons (Fsp3) is 0.417. The molecule has 0 fully saturated rings. The maximum atomic E-state index is 13.6. The number of nitrogens with zero attached hydrogens (tertiary/aromatic N) is 2. The molecule has 2 aromatic rings. The Balaban J connectivity index is 1.88. The zero-order valence-corrected chi connectivity index (χ0v) is 19.3. The minimum absolute atomic E-state index is 0.132. The van der Waals surface area contributed by atoms with Gasteiger partial charge in [-0.2, -0.15) is 0 Å². The quantitative estimate of drug-likeness (QED) is 0.766. The molecular formula is C24H31N3O4. The predicted octanol–water partition coefficient (Wildman–Crippen LogP) is 3.60. The van der Waals surface area contributed by atoms with E-state index in [1.54, 1.807) is 33.0 Å². The van der Waals surface area contributed by atoms with Crippen molar-refractivity contribution in [3.63, 3.8) is 0 Å². The Morgan fingerprint density at radius 3 is 2.42 bits per heavy atom. The van der Waals surface area contributed by atoms with Gasteiger partial charge in [-0.15, -0.1) is 0 Å². The van der Waals surface area contributed by atoms with Crippen LogP contribution in [0.2, 0.25) is 0 Å². The first-order chi connectivity index (χ1) is 14.6. The molecule has 0 unspecified atom stereocenters. The van der Waals surface area contributed by atoms with E-state index in [-0.39, 0.29) is 11.8 Å². The number of para-hydroxylation sites is 2. The molecule has 166 valence electrons. The molecule has 0 aromatic heterocycles. The first-order valence-corrected chi connectivity index (χ1v) is 10.3. The molecule has 2 aromatic carbocycles. The number of rotatable bonds is 6. The highest BCUT2D eigenvalue weighted by atomic mass is 16.5. The fourth-order valence-electron chi connectivity index (χ4n) is 3.82. The molecule has 0 radical (unpaired) electrons. The zero-order chi connectivity index (χ0) is 22.9. The molecule has 7 nitrogen and oxygen atoms in total. The largest absolute Gasteiger partial charge is 0.493 e. The van der Waals surface area contributed by atoms with Crippen LogP contribution in [0.3, 0.4) is 0 Å². The van der Waals surface area contributed by atoms with E-state index in [0.717, 1.165) is 11.1 Å². The Bertz CT molecular complexity index is 1000. The number of aryl methyl sites for hydroxylation is 1. The van der Waals surface area contributed by atoms with Crippen LogP contribution in [0, 0.1) is 6.92 Å². The third-order valence-corrected chi connectivity index (χ3v) is 6.01. The Labute approximate surface area is 183 Å². The Morgan fingerprint density at radius 1 is 1.16 bits per heavy atom. The highest BCUT2D eigenvalue weighted by molar-refractivity contribution is 6.15. The molecular weight excluding hydrogens is 394 g/mol. The van der Waals surface area contributed by atoms with Crippen LogP contribution in [0.5, 0.6) is 11.5 Å². The SMILES string of the molecule is COc1cc(C)c(CN(C)[C@@H](C)C(=O)N2c3ccccc3NC(=O)C2(C)C)cc1OC. The monoisotopic (exact) mass is 425 g/mol. The number of likely N-dealkylation sites (N-methyl/N-ethyl adjacent to an activating group) is 1. The third-order valence-electron chi connectivity index (χ3n) is 6.01. The van der Waals surface area contributed by atoms with Gasteiger partial charge in [-0.25, -0.2) is 0 Å². The lowest BCUT2D eigenvalue weighted by Crippen LogP contribution is -2.61. The number of fused-ring (bicyclic) bond motifs is 1. The van der Waals surface area contributed by atoms with Crippen molar-refractivity contribution in [1.29, 1.82) is 0 Å². The van der Waals surface area contributed by atoms with E-state index in [4.69, 9.17) is 9.47 Å². The van der Waals surface area contributed by atoms with Gasteiger partial charge in [-0.05, 0) is 70.1 Å². The summed E-state index contributed by atoms with van der Waals surface area (Å²) in [5.41, 5.74) is 2.44. The number of hydrogen-bond donors (Lipinski definition) is 1. The minimum atomic E-state index is -1.00. The molecule has 1 aliphatic rings. The normalized spacial score (nSPS) is 15.9. The summed E-state index contributed by atoms with van der Waals surface area (Å²) in [6.07, 6.45) is 0. The summed E-state index contributed by atoms with van der Waals surface area (Å²) < 4.78 is 10.8. The number of benzene rings is 2. The van der Waals surface area contributed by atoms with Gasteiger partial charge >= 0.3 is 0 Å². The first-order valence-electron chi connectivity index (χ1n) is 10.3. The number of carbonyl (C=O) groups excluding carboxylic acids is 2. The molecule has 0 bridgehead atoms. The molecule has 2 amide bonds. The summed E-state index contributed by atoms with van der Waals surface area (Å²) in [4.78, 5) is 29.9. The van der Waals surface area contributed by atoms with E-state index >= 15 is 0 Å².